The van der Waals surface area contributed by atoms with Gasteiger partial charge in [0.25, 0.3) is 5.91 Å². The van der Waals surface area contributed by atoms with Crippen molar-refractivity contribution in [3.63, 3.8) is 0 Å². The molecule has 1 heterocycles. The number of alkyl halides is 3. The number of amides is 1. The minimum atomic E-state index is -4.48. The number of hydrogen-bond acceptors (Lipinski definition) is 2. The first-order chi connectivity index (χ1) is 14.3. The molecule has 0 saturated heterocycles. The van der Waals surface area contributed by atoms with E-state index in [1.165, 1.54) is 30.3 Å². The van der Waals surface area contributed by atoms with E-state index in [0.29, 0.717) is 18.5 Å². The van der Waals surface area contributed by atoms with Crippen molar-refractivity contribution in [2.24, 2.45) is 0 Å². The van der Waals surface area contributed by atoms with Gasteiger partial charge in [-0.1, -0.05) is 42.5 Å². The van der Waals surface area contributed by atoms with Crippen LogP contribution in [-0.4, -0.2) is 12.5 Å². The van der Waals surface area contributed by atoms with Crippen LogP contribution in [0.15, 0.2) is 72.8 Å². The predicted molar refractivity (Wildman–Crippen MR) is 107 cm³/mol. The molecule has 1 atom stereocenters. The molecule has 3 aromatic rings. The summed E-state index contributed by atoms with van der Waals surface area (Å²) in [6, 6.07) is 16.6. The lowest BCUT2D eigenvalue weighted by Crippen LogP contribution is -2.37. The van der Waals surface area contributed by atoms with E-state index in [1.807, 2.05) is 24.3 Å². The van der Waals surface area contributed by atoms with Crippen LogP contribution in [0, 0.1) is 5.82 Å². The molecule has 30 heavy (non-hydrogen) atoms. The van der Waals surface area contributed by atoms with Crippen LogP contribution in [0.2, 0.25) is 0 Å². The maximum Gasteiger partial charge on any atom is 0.416 e. The molecular weight excluding hydrogens is 396 g/mol. The zero-order chi connectivity index (χ0) is 21.3. The Balaban J connectivity index is 1.71. The Hall–Kier alpha value is -3.35. The number of para-hydroxylation sites is 2. The lowest BCUT2D eigenvalue weighted by atomic mass is 10.0. The minimum absolute atomic E-state index is 0.100. The number of benzene rings is 3. The van der Waals surface area contributed by atoms with Gasteiger partial charge in [-0.15, -0.1) is 0 Å². The molecule has 4 rings (SSSR count). The molecule has 0 aliphatic carbocycles. The summed E-state index contributed by atoms with van der Waals surface area (Å²) < 4.78 is 53.1. The summed E-state index contributed by atoms with van der Waals surface area (Å²) in [5.74, 6) is -0.910. The number of fused-ring (bicyclic) bond motifs is 1. The standard InChI is InChI=1S/C23H18F4N2O/c24-18-6-2-3-7-19(18)28-21(16-9-11-17(12-10-16)23(25,26)27)22(30)29-14-13-15-5-1-4-8-20(15)29/h1-12,21,28H,13-14H2. The average Bonchev–Trinajstić information content (AvgIpc) is 3.16. The molecule has 1 unspecified atom stereocenters. The molecule has 1 aliphatic rings. The molecule has 154 valence electrons. The summed E-state index contributed by atoms with van der Waals surface area (Å²) in [6.45, 7) is 0.453. The number of carbonyl (C=O) groups is 1. The number of anilines is 2. The Bertz CT molecular complexity index is 1060. The van der Waals surface area contributed by atoms with Gasteiger partial charge in [-0.3, -0.25) is 4.79 Å². The van der Waals surface area contributed by atoms with Crippen LogP contribution in [0.5, 0.6) is 0 Å². The Morgan fingerprint density at radius 1 is 0.933 bits per heavy atom. The second kappa shape index (κ2) is 7.82. The second-order valence-corrected chi connectivity index (χ2v) is 7.05. The molecule has 0 saturated carbocycles. The van der Waals surface area contributed by atoms with Gasteiger partial charge in [-0.2, -0.15) is 13.2 Å². The number of carbonyl (C=O) groups excluding carboxylic acids is 1. The minimum Gasteiger partial charge on any atom is -0.368 e. The van der Waals surface area contributed by atoms with Crippen molar-refractivity contribution >= 4 is 17.3 Å². The third-order valence-corrected chi connectivity index (χ3v) is 5.15. The lowest BCUT2D eigenvalue weighted by molar-refractivity contribution is -0.137. The van der Waals surface area contributed by atoms with E-state index in [4.69, 9.17) is 0 Å². The number of rotatable bonds is 4. The van der Waals surface area contributed by atoms with Crippen molar-refractivity contribution in [3.05, 3.63) is 95.3 Å². The largest absolute Gasteiger partial charge is 0.416 e. The van der Waals surface area contributed by atoms with Crippen molar-refractivity contribution in [1.82, 2.24) is 0 Å². The molecule has 3 aromatic carbocycles. The van der Waals surface area contributed by atoms with Crippen molar-refractivity contribution in [1.29, 1.82) is 0 Å². The number of hydrogen-bond donors (Lipinski definition) is 1. The molecule has 0 aromatic heterocycles. The summed E-state index contributed by atoms with van der Waals surface area (Å²) in [5, 5.41) is 2.88. The molecule has 1 amide bonds. The van der Waals surface area contributed by atoms with E-state index in [9.17, 15) is 22.4 Å². The first-order valence-corrected chi connectivity index (χ1v) is 9.42. The zero-order valence-electron chi connectivity index (χ0n) is 15.8. The Morgan fingerprint density at radius 3 is 2.30 bits per heavy atom. The molecule has 1 aliphatic heterocycles. The zero-order valence-corrected chi connectivity index (χ0v) is 15.8. The first-order valence-electron chi connectivity index (χ1n) is 9.42. The fourth-order valence-electron chi connectivity index (χ4n) is 3.61. The smallest absolute Gasteiger partial charge is 0.368 e. The van der Waals surface area contributed by atoms with Gasteiger partial charge in [0.05, 0.1) is 11.3 Å². The van der Waals surface area contributed by atoms with Gasteiger partial charge in [0.15, 0.2) is 0 Å². The lowest BCUT2D eigenvalue weighted by Gasteiger charge is -2.26. The summed E-state index contributed by atoms with van der Waals surface area (Å²) in [6.07, 6.45) is -3.80. The van der Waals surface area contributed by atoms with Gasteiger partial charge in [0.2, 0.25) is 0 Å². The van der Waals surface area contributed by atoms with Crippen molar-refractivity contribution in [3.8, 4) is 0 Å². The Labute approximate surface area is 170 Å². The third-order valence-electron chi connectivity index (χ3n) is 5.15. The second-order valence-electron chi connectivity index (χ2n) is 7.05. The predicted octanol–water partition coefficient (Wildman–Crippen LogP) is 5.59. The summed E-state index contributed by atoms with van der Waals surface area (Å²) in [4.78, 5) is 15.0. The highest BCUT2D eigenvalue weighted by atomic mass is 19.4. The fourth-order valence-corrected chi connectivity index (χ4v) is 3.61. The van der Waals surface area contributed by atoms with Crippen molar-refractivity contribution in [2.75, 3.05) is 16.8 Å². The highest BCUT2D eigenvalue weighted by molar-refractivity contribution is 6.01. The molecular formula is C23H18F4N2O. The van der Waals surface area contributed by atoms with Crippen LogP contribution in [0.25, 0.3) is 0 Å². The monoisotopic (exact) mass is 414 g/mol. The van der Waals surface area contributed by atoms with Crippen LogP contribution in [0.3, 0.4) is 0 Å². The van der Waals surface area contributed by atoms with Crippen LogP contribution in [0.1, 0.15) is 22.7 Å². The van der Waals surface area contributed by atoms with Gasteiger partial charge >= 0.3 is 6.18 Å². The fraction of sp³-hybridized carbons (Fsp3) is 0.174. The Morgan fingerprint density at radius 2 is 1.60 bits per heavy atom. The topological polar surface area (TPSA) is 32.3 Å². The summed E-state index contributed by atoms with van der Waals surface area (Å²) in [5.41, 5.74) is 1.39. The van der Waals surface area contributed by atoms with E-state index in [1.54, 1.807) is 11.0 Å². The first kappa shape index (κ1) is 19.9. The number of nitrogens with zero attached hydrogens (tertiary/aromatic N) is 1. The molecule has 0 bridgehead atoms. The summed E-state index contributed by atoms with van der Waals surface area (Å²) in [7, 11) is 0. The third kappa shape index (κ3) is 3.87. The number of nitrogens with one attached hydrogen (secondary N) is 1. The molecule has 3 nitrogen and oxygen atoms in total. The summed E-state index contributed by atoms with van der Waals surface area (Å²) >= 11 is 0. The van der Waals surface area contributed by atoms with E-state index in [2.05, 4.69) is 5.32 Å². The SMILES string of the molecule is O=C(C(Nc1ccccc1F)c1ccc(C(F)(F)F)cc1)N1CCc2ccccc21. The molecule has 0 fully saturated rings. The van der Waals surface area contributed by atoms with Gasteiger partial charge < -0.3 is 10.2 Å². The van der Waals surface area contributed by atoms with Crippen molar-refractivity contribution < 1.29 is 22.4 Å². The quantitative estimate of drug-likeness (QED) is 0.565. The average molecular weight is 414 g/mol. The van der Waals surface area contributed by atoms with Crippen LogP contribution >= 0.6 is 0 Å². The van der Waals surface area contributed by atoms with Gasteiger partial charge in [-0.25, -0.2) is 4.39 Å². The van der Waals surface area contributed by atoms with E-state index in [-0.39, 0.29) is 11.6 Å². The van der Waals surface area contributed by atoms with Crippen molar-refractivity contribution in [2.45, 2.75) is 18.6 Å². The van der Waals surface area contributed by atoms with Crippen LogP contribution < -0.4 is 10.2 Å². The maximum atomic E-state index is 14.2. The highest BCUT2D eigenvalue weighted by Crippen LogP contribution is 2.34. The maximum absolute atomic E-state index is 14.2. The Kier molecular flexibility index (Phi) is 5.20. The molecule has 7 heteroatoms. The number of halogens is 4. The molecule has 1 N–H and O–H groups in total. The normalized spacial score (nSPS) is 14.3. The van der Waals surface area contributed by atoms with Gasteiger partial charge in [0.1, 0.15) is 11.9 Å². The molecule has 0 radical (unpaired) electrons. The van der Waals surface area contributed by atoms with Gasteiger partial charge in [-0.05, 0) is 47.9 Å². The van der Waals surface area contributed by atoms with Gasteiger partial charge in [0, 0.05) is 12.2 Å². The van der Waals surface area contributed by atoms with E-state index < -0.39 is 23.6 Å². The van der Waals surface area contributed by atoms with E-state index >= 15 is 0 Å². The van der Waals surface area contributed by atoms with E-state index in [0.717, 1.165) is 23.4 Å². The van der Waals surface area contributed by atoms with Crippen LogP contribution in [-0.2, 0) is 17.4 Å². The highest BCUT2D eigenvalue weighted by Gasteiger charge is 2.33. The van der Waals surface area contributed by atoms with Crippen LogP contribution in [0.4, 0.5) is 28.9 Å². The molecule has 0 spiro atoms.